The van der Waals surface area contributed by atoms with Crippen molar-refractivity contribution in [2.24, 2.45) is 0 Å². The lowest BCUT2D eigenvalue weighted by Crippen LogP contribution is -2.12. The number of carbonyl (C=O) groups excluding carboxylic acids is 1. The summed E-state index contributed by atoms with van der Waals surface area (Å²) in [5, 5.41) is 3.58. The van der Waals surface area contributed by atoms with E-state index in [-0.39, 0.29) is 11.7 Å². The van der Waals surface area contributed by atoms with Crippen LogP contribution in [0, 0.1) is 5.82 Å². The fourth-order valence-corrected chi connectivity index (χ4v) is 3.75. The average Bonchev–Trinajstić information content (AvgIpc) is 2.61. The average molecular weight is 406 g/mol. The first-order chi connectivity index (χ1) is 12.5. The van der Waals surface area contributed by atoms with Crippen molar-refractivity contribution in [3.63, 3.8) is 0 Å². The summed E-state index contributed by atoms with van der Waals surface area (Å²) in [6.07, 6.45) is 0. The van der Waals surface area contributed by atoms with Crippen LogP contribution in [0.1, 0.15) is 15.9 Å². The van der Waals surface area contributed by atoms with E-state index in [2.05, 4.69) is 5.32 Å². The number of hydrogen-bond acceptors (Lipinski definition) is 2. The Bertz CT molecular complexity index is 949. The number of halogens is 3. The molecule has 6 heteroatoms. The maximum absolute atomic E-state index is 13.7. The molecule has 1 N–H and O–H groups in total. The minimum Gasteiger partial charge on any atom is -0.322 e. The Morgan fingerprint density at radius 2 is 1.81 bits per heavy atom. The number of carbonyl (C=O) groups is 1. The van der Waals surface area contributed by atoms with Gasteiger partial charge in [-0.15, -0.1) is 11.8 Å². The molecule has 0 radical (unpaired) electrons. The Kier molecular flexibility index (Phi) is 6.20. The summed E-state index contributed by atoms with van der Waals surface area (Å²) in [7, 11) is 0. The van der Waals surface area contributed by atoms with Crippen molar-refractivity contribution in [3.05, 3.63) is 93.7 Å². The van der Waals surface area contributed by atoms with Crippen molar-refractivity contribution in [1.82, 2.24) is 0 Å². The van der Waals surface area contributed by atoms with Crippen LogP contribution in [-0.4, -0.2) is 5.91 Å². The van der Waals surface area contributed by atoms with Crippen molar-refractivity contribution in [2.45, 2.75) is 10.6 Å². The molecule has 0 aliphatic heterocycles. The summed E-state index contributed by atoms with van der Waals surface area (Å²) in [6.45, 7) is 0. The summed E-state index contributed by atoms with van der Waals surface area (Å²) in [4.78, 5) is 13.3. The summed E-state index contributed by atoms with van der Waals surface area (Å²) >= 11 is 13.4. The van der Waals surface area contributed by atoms with Gasteiger partial charge in [-0.1, -0.05) is 47.5 Å². The zero-order chi connectivity index (χ0) is 18.5. The van der Waals surface area contributed by atoms with Crippen molar-refractivity contribution < 1.29 is 9.18 Å². The number of anilines is 1. The monoisotopic (exact) mass is 405 g/mol. The third-order valence-electron chi connectivity index (χ3n) is 3.62. The Labute approximate surface area is 165 Å². The maximum Gasteiger partial charge on any atom is 0.257 e. The van der Waals surface area contributed by atoms with E-state index in [1.165, 1.54) is 23.9 Å². The predicted octanol–water partition coefficient (Wildman–Crippen LogP) is 6.68. The second-order valence-electron chi connectivity index (χ2n) is 5.49. The molecule has 132 valence electrons. The van der Waals surface area contributed by atoms with E-state index in [9.17, 15) is 9.18 Å². The van der Waals surface area contributed by atoms with E-state index in [0.29, 0.717) is 32.6 Å². The van der Waals surface area contributed by atoms with Gasteiger partial charge in [-0.2, -0.15) is 0 Å². The molecule has 0 aliphatic carbocycles. The van der Waals surface area contributed by atoms with Gasteiger partial charge in [0.05, 0.1) is 10.6 Å². The molecule has 3 aromatic carbocycles. The summed E-state index contributed by atoms with van der Waals surface area (Å²) in [5.41, 5.74) is 1.62. The Balaban J connectivity index is 1.69. The summed E-state index contributed by atoms with van der Waals surface area (Å²) in [5.74, 6) is -0.0302. The van der Waals surface area contributed by atoms with Crippen LogP contribution in [0.25, 0.3) is 0 Å². The lowest BCUT2D eigenvalue weighted by molar-refractivity contribution is 0.102. The number of benzene rings is 3. The highest BCUT2D eigenvalue weighted by molar-refractivity contribution is 7.98. The molecule has 0 aliphatic rings. The highest BCUT2D eigenvalue weighted by Gasteiger charge is 2.11. The number of rotatable bonds is 5. The van der Waals surface area contributed by atoms with E-state index < -0.39 is 0 Å². The van der Waals surface area contributed by atoms with Crippen molar-refractivity contribution >= 4 is 46.6 Å². The van der Waals surface area contributed by atoms with Crippen LogP contribution >= 0.6 is 35.0 Å². The van der Waals surface area contributed by atoms with Gasteiger partial charge in [-0.05, 0) is 48.0 Å². The van der Waals surface area contributed by atoms with Gasteiger partial charge in [-0.25, -0.2) is 4.39 Å². The molecule has 0 saturated carbocycles. The van der Waals surface area contributed by atoms with Gasteiger partial charge in [0, 0.05) is 21.4 Å². The van der Waals surface area contributed by atoms with Gasteiger partial charge in [0.25, 0.3) is 5.91 Å². The van der Waals surface area contributed by atoms with Crippen molar-refractivity contribution in [1.29, 1.82) is 0 Å². The molecule has 0 fully saturated rings. The normalized spacial score (nSPS) is 10.6. The Morgan fingerprint density at radius 1 is 1.00 bits per heavy atom. The molecule has 0 unspecified atom stereocenters. The highest BCUT2D eigenvalue weighted by Crippen LogP contribution is 2.27. The maximum atomic E-state index is 13.7. The standard InChI is InChI=1S/C20H14Cl2FNOS/c21-14-8-9-17(18(22)10-14)20(25)24-15-5-3-6-16(11-15)26-12-13-4-1-2-7-19(13)23/h1-11H,12H2,(H,24,25). The molecule has 0 saturated heterocycles. The van der Waals surface area contributed by atoms with Gasteiger partial charge in [0.15, 0.2) is 0 Å². The van der Waals surface area contributed by atoms with Gasteiger partial charge in [-0.3, -0.25) is 4.79 Å². The van der Waals surface area contributed by atoms with Crippen molar-refractivity contribution in [2.75, 3.05) is 5.32 Å². The first kappa shape index (κ1) is 18.8. The molecule has 2 nitrogen and oxygen atoms in total. The van der Waals surface area contributed by atoms with Crippen LogP contribution in [0.5, 0.6) is 0 Å². The quantitative estimate of drug-likeness (QED) is 0.479. The molecule has 3 aromatic rings. The van der Waals surface area contributed by atoms with Crippen LogP contribution in [0.2, 0.25) is 10.0 Å². The van der Waals surface area contributed by atoms with Crippen LogP contribution in [-0.2, 0) is 5.75 Å². The second-order valence-corrected chi connectivity index (χ2v) is 7.38. The smallest absolute Gasteiger partial charge is 0.257 e. The van der Waals surface area contributed by atoms with Crippen LogP contribution in [0.4, 0.5) is 10.1 Å². The Morgan fingerprint density at radius 3 is 2.58 bits per heavy atom. The van der Waals surface area contributed by atoms with E-state index >= 15 is 0 Å². The molecule has 3 rings (SSSR count). The fourth-order valence-electron chi connectivity index (χ4n) is 2.31. The predicted molar refractivity (Wildman–Crippen MR) is 107 cm³/mol. The first-order valence-electron chi connectivity index (χ1n) is 7.75. The molecule has 0 spiro atoms. The minimum absolute atomic E-state index is 0.221. The second kappa shape index (κ2) is 8.58. The van der Waals surface area contributed by atoms with Gasteiger partial charge in [0.1, 0.15) is 5.82 Å². The van der Waals surface area contributed by atoms with Crippen LogP contribution < -0.4 is 5.32 Å². The molecule has 1 amide bonds. The molecule has 26 heavy (non-hydrogen) atoms. The number of thioether (sulfide) groups is 1. The zero-order valence-corrected chi connectivity index (χ0v) is 15.8. The number of nitrogens with one attached hydrogen (secondary N) is 1. The molecule has 0 aromatic heterocycles. The molecular weight excluding hydrogens is 392 g/mol. The van der Waals surface area contributed by atoms with E-state index in [4.69, 9.17) is 23.2 Å². The van der Waals surface area contributed by atoms with E-state index in [1.54, 1.807) is 30.3 Å². The summed E-state index contributed by atoms with van der Waals surface area (Å²) in [6, 6.07) is 18.8. The molecule has 0 bridgehead atoms. The first-order valence-corrected chi connectivity index (χ1v) is 9.50. The van der Waals surface area contributed by atoms with E-state index in [1.807, 2.05) is 24.3 Å². The minimum atomic E-state index is -0.317. The summed E-state index contributed by atoms with van der Waals surface area (Å²) < 4.78 is 13.7. The fraction of sp³-hybridized carbons (Fsp3) is 0.0500. The Hall–Kier alpha value is -2.01. The molecule has 0 atom stereocenters. The van der Waals surface area contributed by atoms with Gasteiger partial charge in [0.2, 0.25) is 0 Å². The van der Waals surface area contributed by atoms with Gasteiger partial charge >= 0.3 is 0 Å². The zero-order valence-electron chi connectivity index (χ0n) is 13.5. The highest BCUT2D eigenvalue weighted by atomic mass is 35.5. The largest absolute Gasteiger partial charge is 0.322 e. The third-order valence-corrected chi connectivity index (χ3v) is 5.21. The molecular formula is C20H14Cl2FNOS. The van der Waals surface area contributed by atoms with E-state index in [0.717, 1.165) is 4.90 Å². The lowest BCUT2D eigenvalue weighted by Gasteiger charge is -2.09. The molecule has 0 heterocycles. The van der Waals surface area contributed by atoms with Gasteiger partial charge < -0.3 is 5.32 Å². The third kappa shape index (κ3) is 4.79. The van der Waals surface area contributed by atoms with Crippen LogP contribution in [0.15, 0.2) is 71.6 Å². The number of amides is 1. The van der Waals surface area contributed by atoms with Crippen LogP contribution in [0.3, 0.4) is 0 Å². The lowest BCUT2D eigenvalue weighted by atomic mass is 10.2. The van der Waals surface area contributed by atoms with Crippen molar-refractivity contribution in [3.8, 4) is 0 Å². The topological polar surface area (TPSA) is 29.1 Å². The SMILES string of the molecule is O=C(Nc1cccc(SCc2ccccc2F)c1)c1ccc(Cl)cc1Cl. The number of hydrogen-bond donors (Lipinski definition) is 1.